The summed E-state index contributed by atoms with van der Waals surface area (Å²) in [6, 6.07) is 7.03. The lowest BCUT2D eigenvalue weighted by Crippen LogP contribution is -2.70. The topological polar surface area (TPSA) is 96.5 Å². The minimum absolute atomic E-state index is 0.0998. The van der Waals surface area contributed by atoms with Crippen LogP contribution in [0.5, 0.6) is 5.75 Å². The van der Waals surface area contributed by atoms with Gasteiger partial charge >= 0.3 is 6.03 Å². The second-order valence-electron chi connectivity index (χ2n) is 10.5. The van der Waals surface area contributed by atoms with Gasteiger partial charge in [0.05, 0.1) is 18.9 Å². The van der Waals surface area contributed by atoms with E-state index < -0.39 is 24.0 Å². The number of hydrogen-bond acceptors (Lipinski definition) is 7. The molecule has 2 bridgehead atoms. The second kappa shape index (κ2) is 9.86. The van der Waals surface area contributed by atoms with E-state index in [1.807, 2.05) is 32.0 Å². The first-order chi connectivity index (χ1) is 16.9. The highest BCUT2D eigenvalue weighted by atomic mass is 17.3. The molecule has 6 rings (SSSR count). The number of para-hydroxylation sites is 2. The molecule has 1 aromatic rings. The number of carbonyl (C=O) groups is 1. The molecule has 0 radical (unpaired) electrons. The van der Waals surface area contributed by atoms with Crippen LogP contribution in [0.3, 0.4) is 0 Å². The zero-order valence-corrected chi connectivity index (χ0v) is 21.1. The maximum Gasteiger partial charge on any atom is 0.319 e. The fourth-order valence-corrected chi connectivity index (χ4v) is 6.42. The molecule has 0 unspecified atom stereocenters. The van der Waals surface area contributed by atoms with Gasteiger partial charge in [-0.15, -0.1) is 0 Å². The molecule has 194 valence electrons. The molecule has 35 heavy (non-hydrogen) atoms. The normalized spacial score (nSPS) is 39.9. The number of urea groups is 1. The van der Waals surface area contributed by atoms with Crippen LogP contribution in [0.2, 0.25) is 0 Å². The zero-order valence-electron chi connectivity index (χ0n) is 21.1. The molecule has 8 atom stereocenters. The third kappa shape index (κ3) is 4.53. The van der Waals surface area contributed by atoms with E-state index >= 15 is 0 Å². The van der Waals surface area contributed by atoms with E-state index in [0.29, 0.717) is 43.0 Å². The summed E-state index contributed by atoms with van der Waals surface area (Å²) in [4.78, 5) is 24.4. The Hall–Kier alpha value is -1.91. The number of ether oxygens (including phenoxy) is 4. The molecule has 5 fully saturated rings. The van der Waals surface area contributed by atoms with E-state index in [4.69, 9.17) is 28.7 Å². The van der Waals surface area contributed by atoms with Crippen LogP contribution in [-0.2, 0) is 24.0 Å². The van der Waals surface area contributed by atoms with Crippen LogP contribution in [0.1, 0.15) is 53.4 Å². The van der Waals surface area contributed by atoms with E-state index in [0.717, 1.165) is 25.7 Å². The Morgan fingerprint density at radius 2 is 1.97 bits per heavy atom. The third-order valence-electron chi connectivity index (χ3n) is 8.20. The number of anilines is 1. The molecule has 9 heteroatoms. The Morgan fingerprint density at radius 1 is 1.14 bits per heavy atom. The highest BCUT2D eigenvalue weighted by Gasteiger charge is 2.69. The number of benzene rings is 1. The van der Waals surface area contributed by atoms with Crippen LogP contribution in [0, 0.1) is 23.7 Å². The fraction of sp³-hybridized carbons (Fsp3) is 0.731. The van der Waals surface area contributed by atoms with E-state index in [9.17, 15) is 4.79 Å². The Balaban J connectivity index is 1.18. The van der Waals surface area contributed by atoms with Gasteiger partial charge in [-0.3, -0.25) is 0 Å². The van der Waals surface area contributed by atoms with Gasteiger partial charge in [-0.05, 0) is 57.1 Å². The number of carbonyl (C=O) groups excluding carboxylic acids is 1. The minimum Gasteiger partial charge on any atom is -0.492 e. The summed E-state index contributed by atoms with van der Waals surface area (Å²) in [7, 11) is 0. The Kier molecular flexibility index (Phi) is 6.98. The summed E-state index contributed by atoms with van der Waals surface area (Å²) >= 11 is 0. The van der Waals surface area contributed by atoms with Crippen molar-refractivity contribution in [2.45, 2.75) is 77.3 Å². The van der Waals surface area contributed by atoms with E-state index in [2.05, 4.69) is 24.5 Å². The van der Waals surface area contributed by atoms with Crippen molar-refractivity contribution in [2.24, 2.45) is 23.7 Å². The van der Waals surface area contributed by atoms with Crippen molar-refractivity contribution in [3.8, 4) is 5.75 Å². The monoisotopic (exact) mass is 490 g/mol. The van der Waals surface area contributed by atoms with E-state index in [1.54, 1.807) is 6.07 Å². The van der Waals surface area contributed by atoms with Gasteiger partial charge in [-0.25, -0.2) is 14.6 Å². The average molecular weight is 491 g/mol. The summed E-state index contributed by atoms with van der Waals surface area (Å²) in [5.74, 6) is 0.982. The predicted octanol–water partition coefficient (Wildman–Crippen LogP) is 4.43. The lowest BCUT2D eigenvalue weighted by atomic mass is 9.58. The summed E-state index contributed by atoms with van der Waals surface area (Å²) < 4.78 is 24.5. The highest BCUT2D eigenvalue weighted by molar-refractivity contribution is 5.90. The summed E-state index contributed by atoms with van der Waals surface area (Å²) in [5.41, 5.74) is 0.0265. The number of hydrogen-bond donors (Lipinski definition) is 2. The van der Waals surface area contributed by atoms with Gasteiger partial charge in [0.1, 0.15) is 5.75 Å². The standard InChI is InChI=1S/C26H38N2O7/c1-5-30-21-9-7-6-8-20(21)28-24(29)27-14-15-31-22-17(3)19-11-10-16(2)18-12-13-25(4)33-23(32-22)26(18,19)35-34-25/h6-9,16-19,22-23H,5,10-15H2,1-4H3,(H2,27,28,29)/t16-,17-,18+,19+,22+,23-,25+,26-/m1/s1. The summed E-state index contributed by atoms with van der Waals surface area (Å²) in [5, 5.41) is 5.67. The Bertz CT molecular complexity index is 915. The molecule has 2 N–H and O–H groups in total. The minimum atomic E-state index is -0.805. The lowest BCUT2D eigenvalue weighted by Gasteiger charge is -2.60. The van der Waals surface area contributed by atoms with Crippen LogP contribution in [-0.4, -0.2) is 49.8 Å². The van der Waals surface area contributed by atoms with Crippen molar-refractivity contribution in [2.75, 3.05) is 25.1 Å². The van der Waals surface area contributed by atoms with Crippen LogP contribution in [0.25, 0.3) is 0 Å². The molecule has 4 saturated heterocycles. The number of amides is 2. The number of nitrogens with one attached hydrogen (secondary N) is 2. The molecule has 1 saturated carbocycles. The Morgan fingerprint density at radius 3 is 2.80 bits per heavy atom. The zero-order chi connectivity index (χ0) is 24.6. The van der Waals surface area contributed by atoms with Crippen molar-refractivity contribution in [3.63, 3.8) is 0 Å². The molecule has 2 amide bonds. The van der Waals surface area contributed by atoms with Gasteiger partial charge in [-0.2, -0.15) is 0 Å². The third-order valence-corrected chi connectivity index (χ3v) is 8.20. The number of rotatable bonds is 7. The first-order valence-corrected chi connectivity index (χ1v) is 12.9. The van der Waals surface area contributed by atoms with E-state index in [1.165, 1.54) is 0 Å². The lowest BCUT2D eigenvalue weighted by molar-refractivity contribution is -0.577. The molecule has 1 spiro atoms. The van der Waals surface area contributed by atoms with Crippen LogP contribution in [0.4, 0.5) is 10.5 Å². The summed E-state index contributed by atoms with van der Waals surface area (Å²) in [6.07, 6.45) is 2.96. The van der Waals surface area contributed by atoms with Crippen LogP contribution in [0.15, 0.2) is 24.3 Å². The molecule has 1 aromatic carbocycles. The molecule has 5 aliphatic rings. The van der Waals surface area contributed by atoms with Crippen molar-refractivity contribution in [3.05, 3.63) is 24.3 Å². The highest BCUT2D eigenvalue weighted by Crippen LogP contribution is 2.60. The smallest absolute Gasteiger partial charge is 0.319 e. The van der Waals surface area contributed by atoms with Gasteiger partial charge in [0.25, 0.3) is 0 Å². The van der Waals surface area contributed by atoms with Gasteiger partial charge in [0.2, 0.25) is 5.79 Å². The van der Waals surface area contributed by atoms with Crippen molar-refractivity contribution in [1.82, 2.24) is 5.32 Å². The molecule has 4 heterocycles. The summed E-state index contributed by atoms with van der Waals surface area (Å²) in [6.45, 7) is 9.46. The molecule has 0 aromatic heterocycles. The van der Waals surface area contributed by atoms with Crippen LogP contribution >= 0.6 is 0 Å². The first-order valence-electron chi connectivity index (χ1n) is 12.9. The predicted molar refractivity (Wildman–Crippen MR) is 127 cm³/mol. The first kappa shape index (κ1) is 24.8. The van der Waals surface area contributed by atoms with Crippen molar-refractivity contribution < 1.29 is 33.5 Å². The fourth-order valence-electron chi connectivity index (χ4n) is 6.42. The maximum absolute atomic E-state index is 12.4. The maximum atomic E-state index is 12.4. The average Bonchev–Trinajstić information content (AvgIpc) is 3.07. The number of fused-ring (bicyclic) bond motifs is 2. The van der Waals surface area contributed by atoms with Crippen LogP contribution < -0.4 is 15.4 Å². The SMILES string of the molecule is CCOc1ccccc1NC(=O)NCCO[C@H]1O[C@@H]2O[C@]3(C)CC[C@H]4[C@H](C)CC[C@@H]([C@H]1C)[C@@]24OO3. The second-order valence-corrected chi connectivity index (χ2v) is 10.5. The van der Waals surface area contributed by atoms with E-state index in [-0.39, 0.29) is 17.9 Å². The molecular weight excluding hydrogens is 452 g/mol. The molecule has 9 nitrogen and oxygen atoms in total. The van der Waals surface area contributed by atoms with Gasteiger partial charge in [0.15, 0.2) is 18.2 Å². The molecular formula is C26H38N2O7. The Labute approximate surface area is 207 Å². The van der Waals surface area contributed by atoms with Crippen molar-refractivity contribution in [1.29, 1.82) is 0 Å². The molecule has 4 aliphatic heterocycles. The quantitative estimate of drug-likeness (QED) is 0.431. The van der Waals surface area contributed by atoms with Gasteiger partial charge < -0.3 is 29.6 Å². The largest absolute Gasteiger partial charge is 0.492 e. The van der Waals surface area contributed by atoms with Gasteiger partial charge in [0, 0.05) is 24.8 Å². The van der Waals surface area contributed by atoms with Crippen molar-refractivity contribution >= 4 is 11.7 Å². The van der Waals surface area contributed by atoms with Gasteiger partial charge in [-0.1, -0.05) is 26.0 Å². The molecule has 1 aliphatic carbocycles.